The highest BCUT2D eigenvalue weighted by molar-refractivity contribution is 7.99. The Kier molecular flexibility index (Phi) is 5.99. The summed E-state index contributed by atoms with van der Waals surface area (Å²) < 4.78 is 5.30. The summed E-state index contributed by atoms with van der Waals surface area (Å²) in [5, 5.41) is 9.45. The number of aliphatic hydroxyl groups excluding tert-OH is 1. The molecular formula is C10H18N4O2S. The molecule has 0 aliphatic carbocycles. The minimum Gasteiger partial charge on any atom is -0.463 e. The van der Waals surface area contributed by atoms with Gasteiger partial charge in [0.2, 0.25) is 5.95 Å². The Morgan fingerprint density at radius 2 is 2.18 bits per heavy atom. The molecule has 1 aromatic heterocycles. The molecule has 7 heteroatoms. The smallest absolute Gasteiger partial charge is 0.322 e. The van der Waals surface area contributed by atoms with E-state index in [1.54, 1.807) is 0 Å². The summed E-state index contributed by atoms with van der Waals surface area (Å²) >= 11 is 1.43. The van der Waals surface area contributed by atoms with Crippen LogP contribution in [-0.4, -0.2) is 39.0 Å². The molecule has 0 saturated carbocycles. The van der Waals surface area contributed by atoms with E-state index in [1.165, 1.54) is 11.8 Å². The molecule has 1 atom stereocenters. The van der Waals surface area contributed by atoms with Gasteiger partial charge in [0.25, 0.3) is 0 Å². The van der Waals surface area contributed by atoms with Gasteiger partial charge in [-0.25, -0.2) is 0 Å². The minimum atomic E-state index is 0.146. The van der Waals surface area contributed by atoms with E-state index in [2.05, 4.69) is 15.0 Å². The molecule has 1 aromatic rings. The molecule has 0 saturated heterocycles. The Bertz CT molecular complexity index is 351. The first kappa shape index (κ1) is 14.0. The van der Waals surface area contributed by atoms with Crippen LogP contribution in [0.25, 0.3) is 0 Å². The van der Waals surface area contributed by atoms with Gasteiger partial charge in [-0.3, -0.25) is 0 Å². The molecule has 96 valence electrons. The van der Waals surface area contributed by atoms with E-state index in [9.17, 15) is 0 Å². The average Bonchev–Trinajstić information content (AvgIpc) is 2.32. The van der Waals surface area contributed by atoms with E-state index in [-0.39, 0.29) is 24.5 Å². The number of ether oxygens (including phenoxy) is 1. The molecule has 3 N–H and O–H groups in total. The van der Waals surface area contributed by atoms with Crippen molar-refractivity contribution in [1.29, 1.82) is 0 Å². The lowest BCUT2D eigenvalue weighted by Gasteiger charge is -2.07. The summed E-state index contributed by atoms with van der Waals surface area (Å²) in [7, 11) is 0. The molecule has 1 heterocycles. The normalized spacial score (nSPS) is 12.4. The summed E-state index contributed by atoms with van der Waals surface area (Å²) in [4.78, 5) is 12.0. The summed E-state index contributed by atoms with van der Waals surface area (Å²) in [5.74, 6) is 1.08. The fourth-order valence-corrected chi connectivity index (χ4v) is 1.78. The second kappa shape index (κ2) is 7.29. The summed E-state index contributed by atoms with van der Waals surface area (Å²) in [5.41, 5.74) is 5.57. The molecule has 0 aliphatic rings. The first-order valence-corrected chi connectivity index (χ1v) is 6.52. The van der Waals surface area contributed by atoms with Crippen molar-refractivity contribution in [3.05, 3.63) is 0 Å². The van der Waals surface area contributed by atoms with Crippen LogP contribution in [0.3, 0.4) is 0 Å². The highest BCUT2D eigenvalue weighted by Crippen LogP contribution is 2.19. The van der Waals surface area contributed by atoms with Crippen LogP contribution in [0, 0.1) is 5.92 Å². The highest BCUT2D eigenvalue weighted by Gasteiger charge is 2.08. The average molecular weight is 258 g/mol. The number of nitrogens with two attached hydrogens (primary N) is 1. The van der Waals surface area contributed by atoms with Gasteiger partial charge in [-0.1, -0.05) is 25.6 Å². The monoisotopic (exact) mass is 258 g/mol. The maximum absolute atomic E-state index is 8.92. The summed E-state index contributed by atoms with van der Waals surface area (Å²) in [6, 6.07) is 0.263. The predicted octanol–water partition coefficient (Wildman–Crippen LogP) is 0.963. The molecule has 1 unspecified atom stereocenters. The number of nitrogens with zero attached hydrogens (tertiary/aromatic N) is 3. The third kappa shape index (κ3) is 5.18. The third-order valence-electron chi connectivity index (χ3n) is 1.86. The van der Waals surface area contributed by atoms with Crippen molar-refractivity contribution < 1.29 is 9.84 Å². The summed E-state index contributed by atoms with van der Waals surface area (Å²) in [6.45, 7) is 4.66. The molecular weight excluding hydrogens is 240 g/mol. The third-order valence-corrected chi connectivity index (χ3v) is 3.03. The fourth-order valence-electron chi connectivity index (χ4n) is 0.945. The second-order valence-electron chi connectivity index (χ2n) is 3.71. The van der Waals surface area contributed by atoms with Crippen LogP contribution in [0.4, 0.5) is 5.95 Å². The van der Waals surface area contributed by atoms with Gasteiger partial charge in [-0.15, -0.1) is 0 Å². The van der Waals surface area contributed by atoms with Gasteiger partial charge in [-0.05, 0) is 12.3 Å². The second-order valence-corrected chi connectivity index (χ2v) is 4.69. The number of hydrogen-bond acceptors (Lipinski definition) is 7. The number of anilines is 1. The quantitative estimate of drug-likeness (QED) is 0.703. The highest BCUT2D eigenvalue weighted by atomic mass is 32.2. The van der Waals surface area contributed by atoms with E-state index < -0.39 is 0 Å². The largest absolute Gasteiger partial charge is 0.463 e. The molecule has 17 heavy (non-hydrogen) atoms. The lowest BCUT2D eigenvalue weighted by Crippen LogP contribution is -2.07. The maximum atomic E-state index is 8.92. The first-order valence-electron chi connectivity index (χ1n) is 5.53. The number of nitrogen functional groups attached to an aromatic ring is 1. The lowest BCUT2D eigenvalue weighted by atomic mass is 10.2. The van der Waals surface area contributed by atoms with Crippen LogP contribution in [0.15, 0.2) is 5.16 Å². The Labute approximate surface area is 105 Å². The predicted molar refractivity (Wildman–Crippen MR) is 67.0 cm³/mol. The van der Waals surface area contributed by atoms with E-state index in [0.29, 0.717) is 11.8 Å². The van der Waals surface area contributed by atoms with Crippen molar-refractivity contribution in [2.75, 3.05) is 24.7 Å². The van der Waals surface area contributed by atoms with Gasteiger partial charge in [0.05, 0.1) is 6.61 Å². The van der Waals surface area contributed by atoms with E-state index in [4.69, 9.17) is 15.6 Å². The molecule has 0 radical (unpaired) electrons. The minimum absolute atomic E-state index is 0.146. The maximum Gasteiger partial charge on any atom is 0.322 e. The van der Waals surface area contributed by atoms with E-state index >= 15 is 0 Å². The molecule has 0 aromatic carbocycles. The van der Waals surface area contributed by atoms with Gasteiger partial charge in [0.1, 0.15) is 0 Å². The molecule has 0 aliphatic heterocycles. The number of aromatic nitrogens is 3. The van der Waals surface area contributed by atoms with Crippen molar-refractivity contribution in [2.24, 2.45) is 5.92 Å². The van der Waals surface area contributed by atoms with Crippen LogP contribution >= 0.6 is 11.8 Å². The summed E-state index contributed by atoms with van der Waals surface area (Å²) in [6.07, 6.45) is 0.885. The van der Waals surface area contributed by atoms with Crippen LogP contribution in [0.2, 0.25) is 0 Å². The molecule has 0 bridgehead atoms. The zero-order valence-electron chi connectivity index (χ0n) is 10.1. The number of aliphatic hydroxyl groups is 1. The Morgan fingerprint density at radius 3 is 2.82 bits per heavy atom. The Hall–Kier alpha value is -1.08. The van der Waals surface area contributed by atoms with Crippen LogP contribution < -0.4 is 10.5 Å². The number of hydrogen-bond donors (Lipinski definition) is 2. The van der Waals surface area contributed by atoms with Crippen LogP contribution in [-0.2, 0) is 0 Å². The van der Waals surface area contributed by atoms with Crippen molar-refractivity contribution in [3.63, 3.8) is 0 Å². The molecule has 1 rings (SSSR count). The zero-order valence-corrected chi connectivity index (χ0v) is 10.9. The fraction of sp³-hybridized carbons (Fsp3) is 0.700. The standard InChI is InChI=1S/C10H18N4O2S/c1-3-4-16-9-12-8(11)13-10(14-9)17-6-7(2)5-15/h7,15H,3-6H2,1-2H3,(H2,11,12,13,14). The van der Waals surface area contributed by atoms with Crippen molar-refractivity contribution in [2.45, 2.75) is 25.4 Å². The van der Waals surface area contributed by atoms with Crippen molar-refractivity contribution in [1.82, 2.24) is 15.0 Å². The topological polar surface area (TPSA) is 94.2 Å². The number of thioether (sulfide) groups is 1. The van der Waals surface area contributed by atoms with Gasteiger partial charge >= 0.3 is 6.01 Å². The lowest BCUT2D eigenvalue weighted by molar-refractivity contribution is 0.250. The van der Waals surface area contributed by atoms with Crippen LogP contribution in [0.1, 0.15) is 20.3 Å². The van der Waals surface area contributed by atoms with E-state index in [1.807, 2.05) is 13.8 Å². The molecule has 0 fully saturated rings. The molecule has 6 nitrogen and oxygen atoms in total. The van der Waals surface area contributed by atoms with E-state index in [0.717, 1.165) is 12.2 Å². The van der Waals surface area contributed by atoms with Crippen molar-refractivity contribution >= 4 is 17.7 Å². The van der Waals surface area contributed by atoms with Crippen LogP contribution in [0.5, 0.6) is 6.01 Å². The zero-order chi connectivity index (χ0) is 12.7. The SMILES string of the molecule is CCCOc1nc(N)nc(SCC(C)CO)n1. The molecule has 0 spiro atoms. The van der Waals surface area contributed by atoms with Gasteiger partial charge < -0.3 is 15.6 Å². The first-order chi connectivity index (χ1) is 8.15. The number of rotatable bonds is 7. The van der Waals surface area contributed by atoms with Crippen molar-refractivity contribution in [3.8, 4) is 6.01 Å². The Balaban J connectivity index is 2.61. The van der Waals surface area contributed by atoms with Gasteiger partial charge in [-0.2, -0.15) is 15.0 Å². The Morgan fingerprint density at radius 1 is 1.41 bits per heavy atom. The molecule has 0 amide bonds. The van der Waals surface area contributed by atoms with Gasteiger partial charge in [0, 0.05) is 12.4 Å². The van der Waals surface area contributed by atoms with Gasteiger partial charge in [0.15, 0.2) is 5.16 Å².